The number of nitrogens with two attached hydrogens (primary N) is 1. The maximum atomic E-state index is 11.6. The molecule has 25 heavy (non-hydrogen) atoms. The number of primary sulfonamides is 1. The number of methoxy groups -OCH3 is 1. The molecule has 0 aliphatic carbocycles. The summed E-state index contributed by atoms with van der Waals surface area (Å²) < 4.78 is 28.7. The summed E-state index contributed by atoms with van der Waals surface area (Å²) in [6, 6.07) is 16.3. The van der Waals surface area contributed by atoms with E-state index in [1.54, 1.807) is 31.4 Å². The molecule has 0 radical (unpaired) electrons. The van der Waals surface area contributed by atoms with E-state index < -0.39 is 10.0 Å². The van der Waals surface area contributed by atoms with Gasteiger partial charge in [0.15, 0.2) is 0 Å². The second-order valence-corrected chi connectivity index (χ2v) is 7.74. The molecule has 0 saturated carbocycles. The minimum atomic E-state index is -3.76. The Bertz CT molecular complexity index is 1070. The predicted octanol–water partition coefficient (Wildman–Crippen LogP) is 3.57. The van der Waals surface area contributed by atoms with Crippen molar-refractivity contribution in [2.24, 2.45) is 5.14 Å². The third-order valence-corrected chi connectivity index (χ3v) is 5.39. The van der Waals surface area contributed by atoms with Gasteiger partial charge in [-0.3, -0.25) is 0 Å². The highest BCUT2D eigenvalue weighted by Gasteiger charge is 2.17. The first kappa shape index (κ1) is 17.5. The lowest BCUT2D eigenvalue weighted by Crippen LogP contribution is -2.12. The zero-order valence-corrected chi connectivity index (χ0v) is 15.4. The maximum Gasteiger partial charge on any atom is 0.238 e. The Labute approximate surface area is 152 Å². The average molecular weight is 371 g/mol. The van der Waals surface area contributed by atoms with E-state index >= 15 is 0 Å². The van der Waals surface area contributed by atoms with Crippen LogP contribution in [0.25, 0.3) is 10.8 Å². The molecular formula is C19H17NO3S2. The molecule has 0 spiro atoms. The normalized spacial score (nSPS) is 11.5. The number of sulfonamides is 1. The standard InChI is InChI=1S/C19H17NO3S2/c1-12-3-5-13(6-4-12)19(24)18-16-9-8-15(25(20,21)22)11-14(16)7-10-17(18)23-2/h3-11H,1-2H3,(H2,20,21,22). The molecule has 0 saturated heterocycles. The van der Waals surface area contributed by atoms with Crippen molar-refractivity contribution in [2.75, 3.05) is 7.11 Å². The van der Waals surface area contributed by atoms with Crippen LogP contribution < -0.4 is 9.88 Å². The minimum Gasteiger partial charge on any atom is -0.496 e. The zero-order valence-electron chi connectivity index (χ0n) is 13.8. The van der Waals surface area contributed by atoms with E-state index in [-0.39, 0.29) is 4.90 Å². The van der Waals surface area contributed by atoms with E-state index in [4.69, 9.17) is 22.1 Å². The molecular weight excluding hydrogens is 354 g/mol. The van der Waals surface area contributed by atoms with Crippen LogP contribution in [0.4, 0.5) is 0 Å². The summed E-state index contributed by atoms with van der Waals surface area (Å²) in [4.78, 5) is 0.711. The fourth-order valence-electron chi connectivity index (χ4n) is 2.72. The fourth-order valence-corrected chi connectivity index (χ4v) is 3.61. The molecule has 0 aliphatic rings. The molecule has 0 bridgehead atoms. The smallest absolute Gasteiger partial charge is 0.238 e. The third-order valence-electron chi connectivity index (χ3n) is 4.04. The summed E-state index contributed by atoms with van der Waals surface area (Å²) in [6.07, 6.45) is 0. The monoisotopic (exact) mass is 371 g/mol. The van der Waals surface area contributed by atoms with Gasteiger partial charge in [0.1, 0.15) is 5.75 Å². The Hall–Kier alpha value is -2.28. The average Bonchev–Trinajstić information content (AvgIpc) is 2.59. The molecule has 6 heteroatoms. The summed E-state index contributed by atoms with van der Waals surface area (Å²) in [5.74, 6) is 0.640. The van der Waals surface area contributed by atoms with Crippen molar-refractivity contribution >= 4 is 37.9 Å². The Kier molecular flexibility index (Phi) is 4.60. The van der Waals surface area contributed by atoms with Gasteiger partial charge >= 0.3 is 0 Å². The first-order chi connectivity index (χ1) is 11.8. The number of ether oxygens (including phenoxy) is 1. The number of rotatable bonds is 4. The highest BCUT2D eigenvalue weighted by Crippen LogP contribution is 2.32. The lowest BCUT2D eigenvalue weighted by Gasteiger charge is -2.14. The van der Waals surface area contributed by atoms with Crippen LogP contribution in [-0.4, -0.2) is 20.4 Å². The van der Waals surface area contributed by atoms with E-state index in [2.05, 4.69) is 0 Å². The number of benzene rings is 3. The third kappa shape index (κ3) is 3.42. The summed E-state index contributed by atoms with van der Waals surface area (Å²) in [7, 11) is -2.18. The fraction of sp³-hybridized carbons (Fsp3) is 0.105. The number of aryl methyl sites for hydroxylation is 1. The van der Waals surface area contributed by atoms with Crippen molar-refractivity contribution in [3.63, 3.8) is 0 Å². The largest absolute Gasteiger partial charge is 0.496 e. The van der Waals surface area contributed by atoms with E-state index in [0.29, 0.717) is 10.6 Å². The van der Waals surface area contributed by atoms with E-state index in [1.807, 2.05) is 31.2 Å². The molecule has 0 heterocycles. The van der Waals surface area contributed by atoms with Crippen LogP contribution in [0.3, 0.4) is 0 Å². The van der Waals surface area contributed by atoms with Crippen molar-refractivity contribution in [3.05, 3.63) is 71.3 Å². The predicted molar refractivity (Wildman–Crippen MR) is 104 cm³/mol. The Morgan fingerprint density at radius 3 is 2.32 bits per heavy atom. The molecule has 3 aromatic carbocycles. The molecule has 4 nitrogen and oxygen atoms in total. The van der Waals surface area contributed by atoms with Crippen LogP contribution in [0.5, 0.6) is 5.75 Å². The van der Waals surface area contributed by atoms with E-state index in [0.717, 1.165) is 27.5 Å². The summed E-state index contributed by atoms with van der Waals surface area (Å²) in [5.41, 5.74) is 2.82. The molecule has 0 aromatic heterocycles. The van der Waals surface area contributed by atoms with E-state index in [1.165, 1.54) is 6.07 Å². The lowest BCUT2D eigenvalue weighted by atomic mass is 9.96. The van der Waals surface area contributed by atoms with Gasteiger partial charge < -0.3 is 4.74 Å². The Morgan fingerprint density at radius 2 is 1.72 bits per heavy atom. The van der Waals surface area contributed by atoms with Crippen molar-refractivity contribution in [2.45, 2.75) is 11.8 Å². The van der Waals surface area contributed by atoms with Gasteiger partial charge in [0, 0.05) is 5.56 Å². The summed E-state index contributed by atoms with van der Waals surface area (Å²) in [6.45, 7) is 2.01. The Balaban J connectivity index is 2.24. The van der Waals surface area contributed by atoms with Gasteiger partial charge in [0.05, 0.1) is 16.9 Å². The molecule has 0 unspecified atom stereocenters. The van der Waals surface area contributed by atoms with Crippen molar-refractivity contribution < 1.29 is 13.2 Å². The van der Waals surface area contributed by atoms with Crippen LogP contribution in [0.15, 0.2) is 59.5 Å². The van der Waals surface area contributed by atoms with Gasteiger partial charge in [-0.1, -0.05) is 54.2 Å². The van der Waals surface area contributed by atoms with Gasteiger partial charge in [-0.05, 0) is 41.5 Å². The molecule has 0 fully saturated rings. The van der Waals surface area contributed by atoms with Crippen LogP contribution in [0.1, 0.15) is 16.7 Å². The van der Waals surface area contributed by atoms with Crippen LogP contribution in [0.2, 0.25) is 0 Å². The van der Waals surface area contributed by atoms with Gasteiger partial charge in [0.2, 0.25) is 10.0 Å². The summed E-state index contributed by atoms with van der Waals surface area (Å²) in [5, 5.41) is 6.78. The zero-order chi connectivity index (χ0) is 18.2. The van der Waals surface area contributed by atoms with Gasteiger partial charge in [-0.25, -0.2) is 13.6 Å². The topological polar surface area (TPSA) is 69.4 Å². The molecule has 0 atom stereocenters. The molecule has 128 valence electrons. The first-order valence-corrected chi connectivity index (χ1v) is 9.51. The summed E-state index contributed by atoms with van der Waals surface area (Å²) >= 11 is 5.69. The van der Waals surface area contributed by atoms with Crippen molar-refractivity contribution in [1.82, 2.24) is 0 Å². The molecule has 3 aromatic rings. The maximum absolute atomic E-state index is 11.6. The van der Waals surface area contributed by atoms with Gasteiger partial charge in [-0.15, -0.1) is 0 Å². The van der Waals surface area contributed by atoms with Gasteiger partial charge in [0.25, 0.3) is 0 Å². The van der Waals surface area contributed by atoms with Crippen LogP contribution in [-0.2, 0) is 10.0 Å². The van der Waals surface area contributed by atoms with Crippen LogP contribution >= 0.6 is 12.2 Å². The highest BCUT2D eigenvalue weighted by molar-refractivity contribution is 7.89. The number of fused-ring (bicyclic) bond motifs is 1. The lowest BCUT2D eigenvalue weighted by molar-refractivity contribution is 0.415. The minimum absolute atomic E-state index is 0.0670. The Morgan fingerprint density at radius 1 is 1.04 bits per heavy atom. The second-order valence-electron chi connectivity index (χ2n) is 5.77. The number of thiocarbonyl (C=S) groups is 1. The van der Waals surface area contributed by atoms with Gasteiger partial charge in [-0.2, -0.15) is 0 Å². The first-order valence-electron chi connectivity index (χ1n) is 7.56. The second kappa shape index (κ2) is 6.55. The van der Waals surface area contributed by atoms with Crippen molar-refractivity contribution in [3.8, 4) is 5.75 Å². The molecule has 0 amide bonds. The highest BCUT2D eigenvalue weighted by atomic mass is 32.2. The van der Waals surface area contributed by atoms with Crippen LogP contribution in [0, 0.1) is 6.92 Å². The number of hydrogen-bond acceptors (Lipinski definition) is 4. The molecule has 2 N–H and O–H groups in total. The number of hydrogen-bond donors (Lipinski definition) is 1. The quantitative estimate of drug-likeness (QED) is 0.562. The molecule has 0 aliphatic heterocycles. The van der Waals surface area contributed by atoms with Crippen molar-refractivity contribution in [1.29, 1.82) is 0 Å². The molecule has 3 rings (SSSR count). The van der Waals surface area contributed by atoms with E-state index in [9.17, 15) is 8.42 Å². The SMILES string of the molecule is COc1ccc2cc(S(N)(=O)=O)ccc2c1C(=S)c1ccc(C)cc1.